The summed E-state index contributed by atoms with van der Waals surface area (Å²) in [6.45, 7) is 3.64. The van der Waals surface area contributed by atoms with Crippen LogP contribution in [0.4, 0.5) is 4.79 Å². The highest BCUT2D eigenvalue weighted by molar-refractivity contribution is 6.09. The number of hydrogen-bond donors (Lipinski definition) is 2. The van der Waals surface area contributed by atoms with Gasteiger partial charge in [-0.25, -0.2) is 4.79 Å². The Kier molecular flexibility index (Phi) is 4.79. The molecule has 1 saturated carbocycles. The summed E-state index contributed by atoms with van der Waals surface area (Å²) in [5, 5.41) is 5.72. The Bertz CT molecular complexity index is 676. The maximum Gasteiger partial charge on any atom is 0.325 e. The highest BCUT2D eigenvalue weighted by atomic mass is 16.2. The lowest BCUT2D eigenvalue weighted by Gasteiger charge is -2.36. The fourth-order valence-electron chi connectivity index (χ4n) is 3.89. The summed E-state index contributed by atoms with van der Waals surface area (Å²) in [4.78, 5) is 38.6. The van der Waals surface area contributed by atoms with Crippen molar-refractivity contribution in [3.8, 4) is 0 Å². The van der Waals surface area contributed by atoms with Crippen molar-refractivity contribution in [2.24, 2.45) is 5.92 Å². The minimum absolute atomic E-state index is 0.0917. The van der Waals surface area contributed by atoms with Crippen LogP contribution in [0.5, 0.6) is 0 Å². The number of nitrogens with zero attached hydrogens (tertiary/aromatic N) is 1. The average molecular weight is 343 g/mol. The summed E-state index contributed by atoms with van der Waals surface area (Å²) in [7, 11) is 0. The molecule has 0 aromatic heterocycles. The molecular formula is C19H25N3O3. The van der Waals surface area contributed by atoms with Crippen LogP contribution in [0.3, 0.4) is 0 Å². The van der Waals surface area contributed by atoms with Crippen LogP contribution < -0.4 is 10.6 Å². The first kappa shape index (κ1) is 17.5. The normalized spacial score (nSPS) is 27.3. The van der Waals surface area contributed by atoms with Crippen LogP contribution >= 0.6 is 0 Å². The summed E-state index contributed by atoms with van der Waals surface area (Å²) in [5.74, 6) is -0.499. The topological polar surface area (TPSA) is 78.5 Å². The lowest BCUT2D eigenvalue weighted by atomic mass is 9.73. The third-order valence-corrected chi connectivity index (χ3v) is 5.48. The first-order valence-corrected chi connectivity index (χ1v) is 8.92. The fourth-order valence-corrected chi connectivity index (χ4v) is 3.89. The van der Waals surface area contributed by atoms with Crippen molar-refractivity contribution in [1.29, 1.82) is 0 Å². The highest BCUT2D eigenvalue weighted by Gasteiger charge is 2.55. The second-order valence-corrected chi connectivity index (χ2v) is 7.14. The lowest BCUT2D eigenvalue weighted by molar-refractivity contribution is -0.137. The molecule has 134 valence electrons. The van der Waals surface area contributed by atoms with E-state index < -0.39 is 11.6 Å². The van der Waals surface area contributed by atoms with Gasteiger partial charge < -0.3 is 10.6 Å². The van der Waals surface area contributed by atoms with Crippen LogP contribution in [0.2, 0.25) is 0 Å². The maximum atomic E-state index is 12.9. The minimum Gasteiger partial charge on any atom is -0.348 e. The Morgan fingerprint density at radius 2 is 2.04 bits per heavy atom. The number of urea groups is 1. The lowest BCUT2D eigenvalue weighted by Crippen LogP contribution is -2.54. The molecule has 2 fully saturated rings. The van der Waals surface area contributed by atoms with Gasteiger partial charge in [-0.2, -0.15) is 0 Å². The summed E-state index contributed by atoms with van der Waals surface area (Å²) in [6, 6.07) is 8.94. The van der Waals surface area contributed by atoms with E-state index in [2.05, 4.69) is 10.6 Å². The van der Waals surface area contributed by atoms with Crippen LogP contribution in [-0.4, -0.2) is 34.8 Å². The number of benzene rings is 1. The van der Waals surface area contributed by atoms with Crippen LogP contribution in [-0.2, 0) is 9.59 Å². The molecule has 3 rings (SSSR count). The zero-order valence-electron chi connectivity index (χ0n) is 14.7. The zero-order chi connectivity index (χ0) is 18.0. The SMILES string of the molecule is C[C@H](NC(=O)CN1C(=O)N[C@@]2(CCCC[C@H]2C)C1=O)c1ccccc1. The van der Waals surface area contributed by atoms with E-state index in [4.69, 9.17) is 0 Å². The van der Waals surface area contributed by atoms with Crippen molar-refractivity contribution in [3.05, 3.63) is 35.9 Å². The predicted molar refractivity (Wildman–Crippen MR) is 93.6 cm³/mol. The van der Waals surface area contributed by atoms with E-state index >= 15 is 0 Å². The summed E-state index contributed by atoms with van der Waals surface area (Å²) in [5.41, 5.74) is 0.158. The van der Waals surface area contributed by atoms with Crippen molar-refractivity contribution in [1.82, 2.24) is 15.5 Å². The molecule has 1 aromatic rings. The van der Waals surface area contributed by atoms with Gasteiger partial charge in [0, 0.05) is 0 Å². The number of hydrogen-bond acceptors (Lipinski definition) is 3. The monoisotopic (exact) mass is 343 g/mol. The molecule has 0 bridgehead atoms. The molecule has 1 aliphatic heterocycles. The van der Waals surface area contributed by atoms with Gasteiger partial charge >= 0.3 is 6.03 Å². The van der Waals surface area contributed by atoms with Crippen molar-refractivity contribution in [2.45, 2.75) is 51.1 Å². The van der Waals surface area contributed by atoms with Gasteiger partial charge in [-0.05, 0) is 31.2 Å². The third kappa shape index (κ3) is 3.25. The van der Waals surface area contributed by atoms with Crippen LogP contribution in [0.1, 0.15) is 51.1 Å². The third-order valence-electron chi connectivity index (χ3n) is 5.48. The Hall–Kier alpha value is -2.37. The number of rotatable bonds is 4. The van der Waals surface area contributed by atoms with E-state index in [0.29, 0.717) is 6.42 Å². The molecule has 1 heterocycles. The maximum absolute atomic E-state index is 12.9. The Balaban J connectivity index is 1.65. The van der Waals surface area contributed by atoms with Gasteiger partial charge in [-0.1, -0.05) is 50.1 Å². The van der Waals surface area contributed by atoms with Crippen molar-refractivity contribution in [2.75, 3.05) is 6.54 Å². The Labute approximate surface area is 148 Å². The number of nitrogens with one attached hydrogen (secondary N) is 2. The van der Waals surface area contributed by atoms with Gasteiger partial charge in [-0.3, -0.25) is 14.5 Å². The molecule has 0 unspecified atom stereocenters. The van der Waals surface area contributed by atoms with E-state index in [1.54, 1.807) is 0 Å². The van der Waals surface area contributed by atoms with Crippen LogP contribution in [0, 0.1) is 5.92 Å². The first-order valence-electron chi connectivity index (χ1n) is 8.92. The molecule has 6 heteroatoms. The molecule has 1 aromatic carbocycles. The number of carbonyl (C=O) groups excluding carboxylic acids is 3. The van der Waals surface area contributed by atoms with Crippen molar-refractivity contribution in [3.63, 3.8) is 0 Å². The van der Waals surface area contributed by atoms with Gasteiger partial charge in [0.25, 0.3) is 5.91 Å². The quantitative estimate of drug-likeness (QED) is 0.824. The minimum atomic E-state index is -0.819. The summed E-state index contributed by atoms with van der Waals surface area (Å²) < 4.78 is 0. The molecule has 2 N–H and O–H groups in total. The molecule has 6 nitrogen and oxygen atoms in total. The van der Waals surface area contributed by atoms with E-state index in [0.717, 1.165) is 29.7 Å². The van der Waals surface area contributed by atoms with E-state index in [1.165, 1.54) is 0 Å². The molecule has 4 amide bonds. The smallest absolute Gasteiger partial charge is 0.325 e. The van der Waals surface area contributed by atoms with Crippen LogP contribution in [0.15, 0.2) is 30.3 Å². The first-order chi connectivity index (χ1) is 11.9. The van der Waals surface area contributed by atoms with Crippen LogP contribution in [0.25, 0.3) is 0 Å². The number of carbonyl (C=O) groups is 3. The largest absolute Gasteiger partial charge is 0.348 e. The number of imide groups is 1. The Morgan fingerprint density at radius 1 is 1.32 bits per heavy atom. The van der Waals surface area contributed by atoms with Crippen molar-refractivity contribution < 1.29 is 14.4 Å². The van der Waals surface area contributed by atoms with Crippen molar-refractivity contribution >= 4 is 17.8 Å². The van der Waals surface area contributed by atoms with E-state index in [1.807, 2.05) is 44.2 Å². The van der Waals surface area contributed by atoms with E-state index in [9.17, 15) is 14.4 Å². The van der Waals surface area contributed by atoms with Gasteiger partial charge in [0.15, 0.2) is 0 Å². The molecule has 0 radical (unpaired) electrons. The van der Waals surface area contributed by atoms with Gasteiger partial charge in [0.05, 0.1) is 6.04 Å². The second kappa shape index (κ2) is 6.86. The molecule has 1 aliphatic carbocycles. The standard InChI is InChI=1S/C19H25N3O3/c1-13-8-6-7-11-19(13)17(24)22(18(25)21-19)12-16(23)20-14(2)15-9-4-3-5-10-15/h3-5,9-10,13-14H,6-8,11-12H2,1-2H3,(H,20,23)(H,21,25)/t13-,14+,19-/m1/s1. The molecular weight excluding hydrogens is 318 g/mol. The summed E-state index contributed by atoms with van der Waals surface area (Å²) >= 11 is 0. The molecule has 1 saturated heterocycles. The summed E-state index contributed by atoms with van der Waals surface area (Å²) in [6.07, 6.45) is 3.55. The van der Waals surface area contributed by atoms with Gasteiger partial charge in [-0.15, -0.1) is 0 Å². The molecule has 1 spiro atoms. The molecule has 2 aliphatic rings. The average Bonchev–Trinajstić information content (AvgIpc) is 2.83. The fraction of sp³-hybridized carbons (Fsp3) is 0.526. The van der Waals surface area contributed by atoms with Gasteiger partial charge in [0.2, 0.25) is 5.91 Å². The zero-order valence-corrected chi connectivity index (χ0v) is 14.7. The van der Waals surface area contributed by atoms with E-state index in [-0.39, 0.29) is 30.3 Å². The Morgan fingerprint density at radius 3 is 2.72 bits per heavy atom. The second-order valence-electron chi connectivity index (χ2n) is 7.14. The molecule has 25 heavy (non-hydrogen) atoms. The predicted octanol–water partition coefficient (Wildman–Crippen LogP) is 2.36. The molecule has 3 atom stereocenters. The number of amides is 4. The van der Waals surface area contributed by atoms with Gasteiger partial charge in [0.1, 0.15) is 12.1 Å². The highest BCUT2D eigenvalue weighted by Crippen LogP contribution is 2.38.